The Morgan fingerprint density at radius 3 is 2.21 bits per heavy atom. The molecule has 19 heavy (non-hydrogen) atoms. The SMILES string of the molecule is CC.CC.CC.c1cnc2c(c1)sc1cnccc12. The molecule has 0 aliphatic rings. The highest BCUT2D eigenvalue weighted by Gasteiger charge is 2.03. The number of pyridine rings is 2. The molecule has 0 radical (unpaired) electrons. The van der Waals surface area contributed by atoms with Crippen molar-refractivity contribution in [2.24, 2.45) is 0 Å². The minimum absolute atomic E-state index is 1.09. The standard InChI is InChI=1S/C10H6N2S.3C2H6/c1-2-8-10(12-4-1)7-3-5-11-6-9(7)13-8;3*1-2/h1-6H;3*1-2H3. The van der Waals surface area contributed by atoms with Crippen LogP contribution in [0.15, 0.2) is 36.8 Å². The first kappa shape index (κ1) is 17.5. The molecule has 3 aromatic heterocycles. The molecule has 0 amide bonds. The monoisotopic (exact) mass is 276 g/mol. The van der Waals surface area contributed by atoms with Gasteiger partial charge < -0.3 is 0 Å². The summed E-state index contributed by atoms with van der Waals surface area (Å²) in [4.78, 5) is 8.44. The molecule has 0 aliphatic heterocycles. The highest BCUT2D eigenvalue weighted by atomic mass is 32.1. The number of hydrogen-bond donors (Lipinski definition) is 0. The smallest absolute Gasteiger partial charge is 0.0889 e. The van der Waals surface area contributed by atoms with E-state index in [1.807, 2.05) is 72.3 Å². The van der Waals surface area contributed by atoms with Crippen molar-refractivity contribution in [3.63, 3.8) is 0 Å². The summed E-state index contributed by atoms with van der Waals surface area (Å²) in [5.41, 5.74) is 1.09. The first-order chi connectivity index (χ1) is 9.45. The predicted octanol–water partition coefficient (Wildman–Crippen LogP) is 5.92. The number of thiophene rings is 1. The van der Waals surface area contributed by atoms with Crippen molar-refractivity contribution in [3.8, 4) is 0 Å². The van der Waals surface area contributed by atoms with Gasteiger partial charge in [0.1, 0.15) is 0 Å². The van der Waals surface area contributed by atoms with E-state index in [2.05, 4.69) is 16.0 Å². The van der Waals surface area contributed by atoms with Crippen LogP contribution < -0.4 is 0 Å². The molecule has 2 nitrogen and oxygen atoms in total. The number of hydrogen-bond acceptors (Lipinski definition) is 3. The predicted molar refractivity (Wildman–Crippen MR) is 89.0 cm³/mol. The van der Waals surface area contributed by atoms with E-state index in [0.717, 1.165) is 5.52 Å². The van der Waals surface area contributed by atoms with Crippen LogP contribution in [0, 0.1) is 0 Å². The fourth-order valence-corrected chi connectivity index (χ4v) is 2.48. The molecule has 0 atom stereocenters. The molecule has 0 bridgehead atoms. The third kappa shape index (κ3) is 4.28. The van der Waals surface area contributed by atoms with Gasteiger partial charge in [0.05, 0.1) is 14.9 Å². The molecule has 0 unspecified atom stereocenters. The number of nitrogens with zero attached hydrogens (tertiary/aromatic N) is 2. The van der Waals surface area contributed by atoms with Crippen molar-refractivity contribution in [2.75, 3.05) is 0 Å². The van der Waals surface area contributed by atoms with Gasteiger partial charge in [-0.3, -0.25) is 9.97 Å². The summed E-state index contributed by atoms with van der Waals surface area (Å²) >= 11 is 1.74. The minimum atomic E-state index is 1.09. The van der Waals surface area contributed by atoms with E-state index in [1.54, 1.807) is 11.3 Å². The Morgan fingerprint density at radius 1 is 0.842 bits per heavy atom. The zero-order valence-corrected chi connectivity index (χ0v) is 13.6. The van der Waals surface area contributed by atoms with E-state index in [4.69, 9.17) is 0 Å². The first-order valence-corrected chi connectivity index (χ1v) is 7.84. The molecule has 3 heterocycles. The third-order valence-electron chi connectivity index (χ3n) is 2.03. The molecular formula is C16H24N2S. The lowest BCUT2D eigenvalue weighted by Crippen LogP contribution is -1.71. The molecule has 3 aromatic rings. The topological polar surface area (TPSA) is 25.8 Å². The van der Waals surface area contributed by atoms with Crippen molar-refractivity contribution in [3.05, 3.63) is 36.8 Å². The van der Waals surface area contributed by atoms with Crippen LogP contribution in [0.4, 0.5) is 0 Å². The number of rotatable bonds is 0. The van der Waals surface area contributed by atoms with E-state index in [-0.39, 0.29) is 0 Å². The van der Waals surface area contributed by atoms with Crippen LogP contribution in [0.5, 0.6) is 0 Å². The number of aromatic nitrogens is 2. The maximum Gasteiger partial charge on any atom is 0.0889 e. The van der Waals surface area contributed by atoms with Crippen molar-refractivity contribution in [1.82, 2.24) is 9.97 Å². The van der Waals surface area contributed by atoms with E-state index in [9.17, 15) is 0 Å². The summed E-state index contributed by atoms with van der Waals surface area (Å²) in [6, 6.07) is 6.07. The van der Waals surface area contributed by atoms with Gasteiger partial charge in [0.25, 0.3) is 0 Å². The molecule has 0 saturated heterocycles. The molecule has 0 N–H and O–H groups in total. The molecule has 3 heteroatoms. The average Bonchev–Trinajstić information content (AvgIpc) is 2.92. The summed E-state index contributed by atoms with van der Waals surface area (Å²) in [5.74, 6) is 0. The average molecular weight is 276 g/mol. The summed E-state index contributed by atoms with van der Waals surface area (Å²) in [5, 5.41) is 1.20. The van der Waals surface area contributed by atoms with Crippen LogP contribution in [-0.2, 0) is 0 Å². The second kappa shape index (κ2) is 10.4. The van der Waals surface area contributed by atoms with Crippen molar-refractivity contribution in [1.29, 1.82) is 0 Å². The quantitative estimate of drug-likeness (QED) is 0.509. The van der Waals surface area contributed by atoms with Crippen LogP contribution in [0.3, 0.4) is 0 Å². The Morgan fingerprint density at radius 2 is 1.53 bits per heavy atom. The zero-order valence-electron chi connectivity index (χ0n) is 12.8. The number of fused-ring (bicyclic) bond motifs is 3. The van der Waals surface area contributed by atoms with E-state index in [1.165, 1.54) is 14.8 Å². The van der Waals surface area contributed by atoms with Gasteiger partial charge in [0.2, 0.25) is 0 Å². The molecule has 104 valence electrons. The second-order valence-electron chi connectivity index (χ2n) is 2.82. The van der Waals surface area contributed by atoms with E-state index in [0.29, 0.717) is 0 Å². The van der Waals surface area contributed by atoms with Gasteiger partial charge in [-0.25, -0.2) is 0 Å². The minimum Gasteiger partial charge on any atom is -0.263 e. The molecule has 0 spiro atoms. The van der Waals surface area contributed by atoms with Gasteiger partial charge in [-0.2, -0.15) is 0 Å². The lowest BCUT2D eigenvalue weighted by Gasteiger charge is -1.87. The molecular weight excluding hydrogens is 252 g/mol. The Labute approximate surface area is 120 Å². The van der Waals surface area contributed by atoms with Crippen molar-refractivity contribution < 1.29 is 0 Å². The molecule has 0 saturated carbocycles. The van der Waals surface area contributed by atoms with E-state index < -0.39 is 0 Å². The van der Waals surface area contributed by atoms with E-state index >= 15 is 0 Å². The van der Waals surface area contributed by atoms with Gasteiger partial charge in [-0.05, 0) is 18.2 Å². The highest BCUT2D eigenvalue weighted by Crippen LogP contribution is 2.30. The largest absolute Gasteiger partial charge is 0.263 e. The van der Waals surface area contributed by atoms with Crippen molar-refractivity contribution in [2.45, 2.75) is 41.5 Å². The summed E-state index contributed by atoms with van der Waals surface area (Å²) in [6.45, 7) is 12.0. The molecule has 0 fully saturated rings. The normalized spacial score (nSPS) is 8.53. The van der Waals surface area contributed by atoms with Crippen LogP contribution in [0.1, 0.15) is 41.5 Å². The lowest BCUT2D eigenvalue weighted by molar-refractivity contribution is 1.37. The highest BCUT2D eigenvalue weighted by molar-refractivity contribution is 7.25. The summed E-state index contributed by atoms with van der Waals surface area (Å²) < 4.78 is 2.43. The Kier molecular flexibility index (Phi) is 9.63. The zero-order chi connectivity index (χ0) is 14.7. The van der Waals surface area contributed by atoms with Gasteiger partial charge in [0.15, 0.2) is 0 Å². The van der Waals surface area contributed by atoms with Crippen molar-refractivity contribution >= 4 is 31.6 Å². The summed E-state index contributed by atoms with van der Waals surface area (Å²) in [7, 11) is 0. The van der Waals surface area contributed by atoms with Gasteiger partial charge in [-0.1, -0.05) is 41.5 Å². The first-order valence-electron chi connectivity index (χ1n) is 7.02. The van der Waals surface area contributed by atoms with Crippen LogP contribution in [-0.4, -0.2) is 9.97 Å². The third-order valence-corrected chi connectivity index (χ3v) is 3.12. The van der Waals surface area contributed by atoms with Crippen LogP contribution in [0.25, 0.3) is 20.3 Å². The maximum atomic E-state index is 4.35. The Hall–Kier alpha value is -1.48. The Bertz CT molecular complexity index is 523. The van der Waals surface area contributed by atoms with Crippen LogP contribution >= 0.6 is 11.3 Å². The fraction of sp³-hybridized carbons (Fsp3) is 0.375. The summed E-state index contributed by atoms with van der Waals surface area (Å²) in [6.07, 6.45) is 5.53. The Balaban J connectivity index is 0.000000482. The molecule has 3 rings (SSSR count). The maximum absolute atomic E-state index is 4.35. The lowest BCUT2D eigenvalue weighted by atomic mass is 10.3. The second-order valence-corrected chi connectivity index (χ2v) is 3.91. The van der Waals surface area contributed by atoms with Gasteiger partial charge >= 0.3 is 0 Å². The fourth-order valence-electron chi connectivity index (χ4n) is 1.45. The van der Waals surface area contributed by atoms with Gasteiger partial charge in [-0.15, -0.1) is 11.3 Å². The van der Waals surface area contributed by atoms with Gasteiger partial charge in [0, 0.05) is 24.0 Å². The van der Waals surface area contributed by atoms with Crippen LogP contribution in [0.2, 0.25) is 0 Å². The molecule has 0 aromatic carbocycles. The molecule has 0 aliphatic carbocycles.